The van der Waals surface area contributed by atoms with Crippen LogP contribution in [0.3, 0.4) is 0 Å². The van der Waals surface area contributed by atoms with E-state index in [1.54, 1.807) is 6.92 Å². The van der Waals surface area contributed by atoms with Gasteiger partial charge in [0.2, 0.25) is 0 Å². The van der Waals surface area contributed by atoms with Crippen LogP contribution in [0, 0.1) is 18.3 Å². The first-order valence-electron chi connectivity index (χ1n) is 8.33. The van der Waals surface area contributed by atoms with E-state index in [-0.39, 0.29) is 12.5 Å². The van der Waals surface area contributed by atoms with Crippen molar-refractivity contribution in [2.75, 3.05) is 6.61 Å². The molecule has 0 unspecified atom stereocenters. The summed E-state index contributed by atoms with van der Waals surface area (Å²) in [5.74, 6) is 0.406. The number of hydrogen-bond acceptors (Lipinski definition) is 3. The fourth-order valence-corrected chi connectivity index (χ4v) is 3.26. The van der Waals surface area contributed by atoms with Gasteiger partial charge in [-0.2, -0.15) is 0 Å². The van der Waals surface area contributed by atoms with Gasteiger partial charge in [-0.3, -0.25) is 0 Å². The largest absolute Gasteiger partial charge is 0.480 e. The van der Waals surface area contributed by atoms with E-state index in [1.807, 2.05) is 48.5 Å². The molecule has 0 aromatic heterocycles. The number of hydrogen-bond donors (Lipinski definition) is 2. The Bertz CT molecular complexity index is 838. The van der Waals surface area contributed by atoms with E-state index in [1.165, 1.54) is 0 Å². The number of amides is 1. The van der Waals surface area contributed by atoms with Gasteiger partial charge in [0.15, 0.2) is 0 Å². The summed E-state index contributed by atoms with van der Waals surface area (Å²) in [6.45, 7) is 1.68. The second-order valence-corrected chi connectivity index (χ2v) is 6.24. The number of terminal acetylenes is 1. The van der Waals surface area contributed by atoms with Crippen molar-refractivity contribution >= 4 is 12.1 Å². The van der Waals surface area contributed by atoms with Gasteiger partial charge in [0.05, 0.1) is 0 Å². The average molecular weight is 349 g/mol. The molecule has 3 rings (SSSR count). The van der Waals surface area contributed by atoms with Gasteiger partial charge < -0.3 is 15.2 Å². The minimum atomic E-state index is -1.19. The molecule has 1 aliphatic rings. The second kappa shape index (κ2) is 7.32. The number of alkyl carbamates (subject to hydrolysis) is 1. The maximum atomic E-state index is 12.1. The van der Waals surface area contributed by atoms with Crippen molar-refractivity contribution in [2.24, 2.45) is 5.92 Å². The number of ether oxygens (including phenoxy) is 1. The van der Waals surface area contributed by atoms with Gasteiger partial charge in [0.1, 0.15) is 12.6 Å². The number of rotatable bonds is 5. The predicted octanol–water partition coefficient (Wildman–Crippen LogP) is 3.25. The number of benzene rings is 2. The number of carbonyl (C=O) groups is 2. The summed E-state index contributed by atoms with van der Waals surface area (Å²) in [6.07, 6.45) is 4.47. The molecule has 0 aliphatic heterocycles. The highest BCUT2D eigenvalue weighted by Gasteiger charge is 2.30. The van der Waals surface area contributed by atoms with Crippen LogP contribution >= 0.6 is 0 Å². The smallest absolute Gasteiger partial charge is 0.407 e. The molecule has 0 fully saturated rings. The van der Waals surface area contributed by atoms with E-state index in [0.717, 1.165) is 22.3 Å². The van der Waals surface area contributed by atoms with Crippen LogP contribution < -0.4 is 5.32 Å². The lowest BCUT2D eigenvalue weighted by atomic mass is 9.98. The molecule has 26 heavy (non-hydrogen) atoms. The zero-order valence-electron chi connectivity index (χ0n) is 14.3. The third-order valence-corrected chi connectivity index (χ3v) is 4.65. The average Bonchev–Trinajstić information content (AvgIpc) is 2.97. The lowest BCUT2D eigenvalue weighted by molar-refractivity contribution is -0.140. The van der Waals surface area contributed by atoms with Crippen LogP contribution in [0.4, 0.5) is 4.79 Å². The predicted molar refractivity (Wildman–Crippen MR) is 97.6 cm³/mol. The minimum absolute atomic E-state index is 0.0820. The molecule has 0 heterocycles. The van der Waals surface area contributed by atoms with Crippen molar-refractivity contribution < 1.29 is 19.4 Å². The zero-order chi connectivity index (χ0) is 18.7. The zero-order valence-corrected chi connectivity index (χ0v) is 14.3. The van der Waals surface area contributed by atoms with Crippen molar-refractivity contribution in [1.29, 1.82) is 0 Å². The Morgan fingerprint density at radius 1 is 1.15 bits per heavy atom. The maximum Gasteiger partial charge on any atom is 0.407 e. The molecule has 132 valence electrons. The number of carbonyl (C=O) groups excluding carboxylic acids is 1. The number of fused-ring (bicyclic) bond motifs is 3. The Morgan fingerprint density at radius 3 is 2.19 bits per heavy atom. The van der Waals surface area contributed by atoms with Crippen LogP contribution in [0.2, 0.25) is 0 Å². The molecule has 0 spiro atoms. The highest BCUT2D eigenvalue weighted by atomic mass is 16.5. The lowest BCUT2D eigenvalue weighted by Gasteiger charge is -2.19. The topological polar surface area (TPSA) is 75.6 Å². The van der Waals surface area contributed by atoms with Gasteiger partial charge in [-0.25, -0.2) is 9.59 Å². The normalized spacial score (nSPS) is 14.5. The van der Waals surface area contributed by atoms with Crippen molar-refractivity contribution in [3.05, 3.63) is 59.7 Å². The summed E-state index contributed by atoms with van der Waals surface area (Å²) in [5, 5.41) is 11.5. The monoisotopic (exact) mass is 349 g/mol. The molecule has 2 aromatic rings. The summed E-state index contributed by atoms with van der Waals surface area (Å²) >= 11 is 0. The Kier molecular flexibility index (Phi) is 4.94. The van der Waals surface area contributed by atoms with Crippen molar-refractivity contribution in [2.45, 2.75) is 18.9 Å². The molecule has 2 atom stereocenters. The van der Waals surface area contributed by atoms with Crippen LogP contribution in [-0.2, 0) is 9.53 Å². The molecular weight excluding hydrogens is 330 g/mol. The standard InChI is InChI=1S/C21H19NO4/c1-3-13(2)19(20(23)24)22-21(25)26-12-18-16-10-6-4-8-14(16)15-9-5-7-11-17(15)18/h1,4-11,13,18-19H,12H2,2H3,(H,22,25)(H,23,24)/t13-,19-/m0/s1. The fourth-order valence-electron chi connectivity index (χ4n) is 3.26. The fraction of sp³-hybridized carbons (Fsp3) is 0.238. The number of aliphatic carboxylic acids is 1. The van der Waals surface area contributed by atoms with E-state index in [2.05, 4.69) is 11.2 Å². The van der Waals surface area contributed by atoms with Gasteiger partial charge >= 0.3 is 12.1 Å². The second-order valence-electron chi connectivity index (χ2n) is 6.24. The van der Waals surface area contributed by atoms with Crippen LogP contribution in [0.25, 0.3) is 11.1 Å². The van der Waals surface area contributed by atoms with E-state index < -0.39 is 24.0 Å². The molecule has 0 bridgehead atoms. The molecule has 5 nitrogen and oxygen atoms in total. The summed E-state index contributed by atoms with van der Waals surface area (Å²) in [6, 6.07) is 14.8. The third kappa shape index (κ3) is 3.27. The minimum Gasteiger partial charge on any atom is -0.480 e. The molecule has 2 N–H and O–H groups in total. The highest BCUT2D eigenvalue weighted by molar-refractivity contribution is 5.81. The highest BCUT2D eigenvalue weighted by Crippen LogP contribution is 2.44. The molecule has 2 aromatic carbocycles. The van der Waals surface area contributed by atoms with Crippen LogP contribution in [0.15, 0.2) is 48.5 Å². The molecular formula is C21H19NO4. The maximum absolute atomic E-state index is 12.1. The van der Waals surface area contributed by atoms with Gasteiger partial charge in [0.25, 0.3) is 0 Å². The molecule has 5 heteroatoms. The Labute approximate surface area is 152 Å². The van der Waals surface area contributed by atoms with Crippen molar-refractivity contribution in [3.8, 4) is 23.5 Å². The van der Waals surface area contributed by atoms with E-state index in [9.17, 15) is 14.7 Å². The number of carboxylic acid groups (broad SMARTS) is 1. The summed E-state index contributed by atoms with van der Waals surface area (Å²) in [5.41, 5.74) is 4.43. The van der Waals surface area contributed by atoms with E-state index in [0.29, 0.717) is 0 Å². The Balaban J connectivity index is 1.73. The van der Waals surface area contributed by atoms with Crippen molar-refractivity contribution in [1.82, 2.24) is 5.32 Å². The Morgan fingerprint density at radius 2 is 1.69 bits per heavy atom. The van der Waals surface area contributed by atoms with Crippen LogP contribution in [-0.4, -0.2) is 29.8 Å². The first-order chi connectivity index (χ1) is 12.5. The third-order valence-electron chi connectivity index (χ3n) is 4.65. The first kappa shape index (κ1) is 17.6. The molecule has 1 amide bonds. The number of nitrogens with one attached hydrogen (secondary N) is 1. The lowest BCUT2D eigenvalue weighted by Crippen LogP contribution is -2.45. The SMILES string of the molecule is C#C[C@H](C)[C@H](NC(=O)OCC1c2ccccc2-c2ccccc21)C(=O)O. The van der Waals surface area contributed by atoms with Crippen LogP contribution in [0.5, 0.6) is 0 Å². The summed E-state index contributed by atoms with van der Waals surface area (Å²) in [7, 11) is 0. The van der Waals surface area contributed by atoms with Gasteiger partial charge in [-0.15, -0.1) is 12.3 Å². The number of carboxylic acids is 1. The summed E-state index contributed by atoms with van der Waals surface area (Å²) in [4.78, 5) is 23.4. The van der Waals surface area contributed by atoms with E-state index >= 15 is 0 Å². The molecule has 0 radical (unpaired) electrons. The quantitative estimate of drug-likeness (QED) is 0.813. The molecule has 1 aliphatic carbocycles. The van der Waals surface area contributed by atoms with E-state index in [4.69, 9.17) is 11.2 Å². The van der Waals surface area contributed by atoms with Gasteiger partial charge in [0, 0.05) is 11.8 Å². The first-order valence-corrected chi connectivity index (χ1v) is 8.33. The van der Waals surface area contributed by atoms with Gasteiger partial charge in [-0.05, 0) is 29.2 Å². The molecule has 0 saturated carbocycles. The molecule has 0 saturated heterocycles. The van der Waals surface area contributed by atoms with Gasteiger partial charge in [-0.1, -0.05) is 48.5 Å². The summed E-state index contributed by atoms with van der Waals surface area (Å²) < 4.78 is 5.33. The Hall–Kier alpha value is -3.26. The van der Waals surface area contributed by atoms with Crippen LogP contribution in [0.1, 0.15) is 24.0 Å². The van der Waals surface area contributed by atoms with Crippen molar-refractivity contribution in [3.63, 3.8) is 0 Å².